The Balaban J connectivity index is 1.47. The third-order valence-corrected chi connectivity index (χ3v) is 3.98. The molecule has 1 heterocycles. The summed E-state index contributed by atoms with van der Waals surface area (Å²) >= 11 is 0. The van der Waals surface area contributed by atoms with Crippen LogP contribution >= 0.6 is 0 Å². The van der Waals surface area contributed by atoms with Crippen LogP contribution in [0.15, 0.2) is 48.5 Å². The molecule has 24 heavy (non-hydrogen) atoms. The highest BCUT2D eigenvalue weighted by atomic mass is 16.5. The van der Waals surface area contributed by atoms with Crippen molar-refractivity contribution >= 4 is 17.5 Å². The number of nitrogens with one attached hydrogen (secondary N) is 1. The van der Waals surface area contributed by atoms with Crippen LogP contribution in [0.2, 0.25) is 0 Å². The Morgan fingerprint density at radius 2 is 2.00 bits per heavy atom. The van der Waals surface area contributed by atoms with Crippen molar-refractivity contribution in [2.45, 2.75) is 13.3 Å². The van der Waals surface area contributed by atoms with Gasteiger partial charge in [-0.05, 0) is 42.7 Å². The summed E-state index contributed by atoms with van der Waals surface area (Å²) in [5.41, 5.74) is 3.17. The smallest absolute Gasteiger partial charge is 0.258 e. The monoisotopic (exact) mass is 324 g/mol. The number of fused-ring (bicyclic) bond motifs is 1. The van der Waals surface area contributed by atoms with E-state index in [1.54, 1.807) is 11.0 Å². The molecule has 5 heteroatoms. The molecule has 2 amide bonds. The van der Waals surface area contributed by atoms with E-state index in [-0.39, 0.29) is 25.0 Å². The minimum Gasteiger partial charge on any atom is -0.484 e. The fourth-order valence-corrected chi connectivity index (χ4v) is 2.77. The van der Waals surface area contributed by atoms with Crippen LogP contribution < -0.4 is 15.0 Å². The highest BCUT2D eigenvalue weighted by Gasteiger charge is 2.24. The highest BCUT2D eigenvalue weighted by molar-refractivity contribution is 5.98. The standard InChI is InChI=1S/C19H20N2O3/c1-14-5-4-7-16(11-14)24-13-18(22)20-12-19(23)21-10-9-15-6-2-3-8-17(15)21/h2-8,11H,9-10,12-13H2,1H3,(H,20,22). The summed E-state index contributed by atoms with van der Waals surface area (Å²) < 4.78 is 5.43. The van der Waals surface area contributed by atoms with Crippen molar-refractivity contribution in [2.75, 3.05) is 24.6 Å². The third kappa shape index (κ3) is 3.74. The van der Waals surface area contributed by atoms with Gasteiger partial charge in [0.2, 0.25) is 5.91 Å². The molecular weight excluding hydrogens is 304 g/mol. The fraction of sp³-hybridized carbons (Fsp3) is 0.263. The molecular formula is C19H20N2O3. The van der Waals surface area contributed by atoms with Gasteiger partial charge in [-0.15, -0.1) is 0 Å². The summed E-state index contributed by atoms with van der Waals surface area (Å²) in [4.78, 5) is 25.9. The normalized spacial score (nSPS) is 12.6. The molecule has 0 unspecified atom stereocenters. The van der Waals surface area contributed by atoms with E-state index in [9.17, 15) is 9.59 Å². The first-order chi connectivity index (χ1) is 11.6. The largest absolute Gasteiger partial charge is 0.484 e. The molecule has 2 aromatic rings. The molecule has 1 aliphatic rings. The van der Waals surface area contributed by atoms with Crippen molar-refractivity contribution in [3.05, 3.63) is 59.7 Å². The van der Waals surface area contributed by atoms with Crippen molar-refractivity contribution < 1.29 is 14.3 Å². The van der Waals surface area contributed by atoms with Gasteiger partial charge in [-0.2, -0.15) is 0 Å². The number of amides is 2. The summed E-state index contributed by atoms with van der Waals surface area (Å²) in [5.74, 6) is 0.228. The molecule has 0 saturated heterocycles. The summed E-state index contributed by atoms with van der Waals surface area (Å²) in [5, 5.41) is 2.62. The number of carbonyl (C=O) groups is 2. The van der Waals surface area contributed by atoms with Gasteiger partial charge in [0.25, 0.3) is 5.91 Å². The second kappa shape index (κ2) is 7.17. The average Bonchev–Trinajstić information content (AvgIpc) is 3.02. The lowest BCUT2D eigenvalue weighted by Crippen LogP contribution is -2.40. The van der Waals surface area contributed by atoms with Gasteiger partial charge >= 0.3 is 0 Å². The number of para-hydroxylation sites is 1. The maximum absolute atomic E-state index is 12.3. The molecule has 0 aromatic heterocycles. The van der Waals surface area contributed by atoms with Crippen LogP contribution in [-0.2, 0) is 16.0 Å². The quantitative estimate of drug-likeness (QED) is 0.916. The van der Waals surface area contributed by atoms with E-state index in [0.29, 0.717) is 12.3 Å². The number of benzene rings is 2. The lowest BCUT2D eigenvalue weighted by molar-refractivity contribution is -0.126. The van der Waals surface area contributed by atoms with Gasteiger partial charge in [0.05, 0.1) is 6.54 Å². The van der Waals surface area contributed by atoms with Crippen LogP contribution in [0.25, 0.3) is 0 Å². The van der Waals surface area contributed by atoms with Crippen molar-refractivity contribution in [1.29, 1.82) is 0 Å². The fourth-order valence-electron chi connectivity index (χ4n) is 2.77. The van der Waals surface area contributed by atoms with E-state index in [4.69, 9.17) is 4.74 Å². The van der Waals surface area contributed by atoms with Gasteiger partial charge in [-0.1, -0.05) is 30.3 Å². The summed E-state index contributed by atoms with van der Waals surface area (Å²) in [6.45, 7) is 2.49. The summed E-state index contributed by atoms with van der Waals surface area (Å²) in [6.07, 6.45) is 0.854. The second-order valence-electron chi connectivity index (χ2n) is 5.81. The maximum atomic E-state index is 12.3. The molecule has 2 aromatic carbocycles. The molecule has 0 bridgehead atoms. The Bertz CT molecular complexity index is 758. The topological polar surface area (TPSA) is 58.6 Å². The van der Waals surface area contributed by atoms with Crippen molar-refractivity contribution in [2.24, 2.45) is 0 Å². The summed E-state index contributed by atoms with van der Waals surface area (Å²) in [7, 11) is 0. The Morgan fingerprint density at radius 1 is 1.17 bits per heavy atom. The molecule has 0 atom stereocenters. The number of hydrogen-bond donors (Lipinski definition) is 1. The first-order valence-electron chi connectivity index (χ1n) is 7.98. The molecule has 5 nitrogen and oxygen atoms in total. The molecule has 0 radical (unpaired) electrons. The zero-order valence-corrected chi connectivity index (χ0v) is 13.6. The molecule has 0 saturated carbocycles. The Hall–Kier alpha value is -2.82. The predicted octanol–water partition coefficient (Wildman–Crippen LogP) is 2.08. The van der Waals surface area contributed by atoms with Gasteiger partial charge < -0.3 is 15.0 Å². The van der Waals surface area contributed by atoms with Crippen LogP contribution in [0.4, 0.5) is 5.69 Å². The van der Waals surface area contributed by atoms with Gasteiger partial charge in [0, 0.05) is 12.2 Å². The number of carbonyl (C=O) groups excluding carboxylic acids is 2. The minimum atomic E-state index is -0.308. The zero-order valence-electron chi connectivity index (χ0n) is 13.6. The highest BCUT2D eigenvalue weighted by Crippen LogP contribution is 2.27. The minimum absolute atomic E-state index is 0.0235. The van der Waals surface area contributed by atoms with E-state index in [0.717, 1.165) is 17.7 Å². The van der Waals surface area contributed by atoms with Crippen LogP contribution in [0, 0.1) is 6.92 Å². The Morgan fingerprint density at radius 3 is 2.83 bits per heavy atom. The van der Waals surface area contributed by atoms with Crippen LogP contribution in [0.1, 0.15) is 11.1 Å². The van der Waals surface area contributed by atoms with E-state index in [1.807, 2.05) is 49.4 Å². The first-order valence-corrected chi connectivity index (χ1v) is 7.98. The van der Waals surface area contributed by atoms with E-state index in [2.05, 4.69) is 5.32 Å². The average molecular weight is 324 g/mol. The van der Waals surface area contributed by atoms with Gasteiger partial charge in [-0.3, -0.25) is 9.59 Å². The van der Waals surface area contributed by atoms with Gasteiger partial charge in [0.15, 0.2) is 6.61 Å². The maximum Gasteiger partial charge on any atom is 0.258 e. The third-order valence-electron chi connectivity index (χ3n) is 3.98. The van der Waals surface area contributed by atoms with Gasteiger partial charge in [0.1, 0.15) is 5.75 Å². The summed E-state index contributed by atoms with van der Waals surface area (Å²) in [6, 6.07) is 15.3. The number of hydrogen-bond acceptors (Lipinski definition) is 3. The lowest BCUT2D eigenvalue weighted by atomic mass is 10.2. The van der Waals surface area contributed by atoms with Gasteiger partial charge in [-0.25, -0.2) is 0 Å². The van der Waals surface area contributed by atoms with E-state index < -0.39 is 0 Å². The van der Waals surface area contributed by atoms with Crippen molar-refractivity contribution in [3.8, 4) is 5.75 Å². The molecule has 0 fully saturated rings. The number of anilines is 1. The molecule has 0 spiro atoms. The van der Waals surface area contributed by atoms with Crippen LogP contribution in [0.3, 0.4) is 0 Å². The molecule has 0 aliphatic carbocycles. The number of rotatable bonds is 5. The molecule has 1 N–H and O–H groups in total. The molecule has 124 valence electrons. The number of aryl methyl sites for hydroxylation is 1. The molecule has 1 aliphatic heterocycles. The predicted molar refractivity (Wildman–Crippen MR) is 92.2 cm³/mol. The van der Waals surface area contributed by atoms with E-state index >= 15 is 0 Å². The number of nitrogens with zero attached hydrogens (tertiary/aromatic N) is 1. The zero-order chi connectivity index (χ0) is 16.9. The number of ether oxygens (including phenoxy) is 1. The van der Waals surface area contributed by atoms with E-state index in [1.165, 1.54) is 5.56 Å². The second-order valence-corrected chi connectivity index (χ2v) is 5.81. The molecule has 3 rings (SSSR count). The Kier molecular flexibility index (Phi) is 4.79. The van der Waals surface area contributed by atoms with Crippen LogP contribution in [-0.4, -0.2) is 31.5 Å². The lowest BCUT2D eigenvalue weighted by Gasteiger charge is -2.17. The van der Waals surface area contributed by atoms with Crippen molar-refractivity contribution in [3.63, 3.8) is 0 Å². The SMILES string of the molecule is Cc1cccc(OCC(=O)NCC(=O)N2CCc3ccccc32)c1. The first kappa shape index (κ1) is 16.1. The Labute approximate surface area is 141 Å². The van der Waals surface area contributed by atoms with Crippen molar-refractivity contribution in [1.82, 2.24) is 5.32 Å². The van der Waals surface area contributed by atoms with Crippen LogP contribution in [0.5, 0.6) is 5.75 Å².